The third kappa shape index (κ3) is 5.12. The molecule has 3 rings (SSSR count). The first-order valence-electron chi connectivity index (χ1n) is 10.0. The highest BCUT2D eigenvalue weighted by Crippen LogP contribution is 2.30. The minimum Gasteiger partial charge on any atom is -0.462 e. The number of carbonyl (C=O) groups excluding carboxylic acids is 2. The van der Waals surface area contributed by atoms with Gasteiger partial charge in [-0.3, -0.25) is 9.69 Å². The van der Waals surface area contributed by atoms with Gasteiger partial charge in [-0.1, -0.05) is 61.4 Å². The van der Waals surface area contributed by atoms with Crippen LogP contribution in [-0.2, 0) is 4.74 Å². The number of ether oxygens (including phenoxy) is 1. The fourth-order valence-electron chi connectivity index (χ4n) is 2.91. The molecule has 0 N–H and O–H groups in total. The molecule has 0 atom stereocenters. The number of thiazole rings is 2. The molecule has 2 aromatic heterocycles. The average molecular weight is 444 g/mol. The summed E-state index contributed by atoms with van der Waals surface area (Å²) < 4.78 is 5.12. The lowest BCUT2D eigenvalue weighted by Crippen LogP contribution is -2.32. The first kappa shape index (κ1) is 22.1. The van der Waals surface area contributed by atoms with Crippen molar-refractivity contribution in [3.05, 3.63) is 52.0 Å². The number of aromatic nitrogens is 2. The van der Waals surface area contributed by atoms with Gasteiger partial charge >= 0.3 is 5.97 Å². The number of unbranched alkanes of at least 4 members (excludes halogenated alkanes) is 2. The maximum absolute atomic E-state index is 13.3. The van der Waals surface area contributed by atoms with Crippen LogP contribution in [0.2, 0.25) is 0 Å². The van der Waals surface area contributed by atoms with E-state index in [1.807, 2.05) is 30.3 Å². The second-order valence-electron chi connectivity index (χ2n) is 6.70. The molecule has 0 radical (unpaired) electrons. The van der Waals surface area contributed by atoms with Crippen LogP contribution >= 0.6 is 22.7 Å². The maximum atomic E-state index is 13.3. The largest absolute Gasteiger partial charge is 0.462 e. The minimum atomic E-state index is -0.403. The number of anilines is 1. The predicted molar refractivity (Wildman–Crippen MR) is 122 cm³/mol. The number of esters is 1. The van der Waals surface area contributed by atoms with Crippen molar-refractivity contribution in [2.75, 3.05) is 18.1 Å². The molecule has 0 aliphatic rings. The van der Waals surface area contributed by atoms with Crippen molar-refractivity contribution in [1.29, 1.82) is 0 Å². The maximum Gasteiger partial charge on any atom is 0.350 e. The van der Waals surface area contributed by atoms with Gasteiger partial charge in [-0.05, 0) is 20.3 Å². The Labute approximate surface area is 184 Å². The summed E-state index contributed by atoms with van der Waals surface area (Å²) >= 11 is 2.64. The number of hydrogen-bond acceptors (Lipinski definition) is 7. The molecule has 158 valence electrons. The van der Waals surface area contributed by atoms with E-state index in [1.54, 1.807) is 24.1 Å². The van der Waals surface area contributed by atoms with Gasteiger partial charge in [0.1, 0.15) is 15.6 Å². The summed E-state index contributed by atoms with van der Waals surface area (Å²) in [5.41, 5.74) is 1.94. The lowest BCUT2D eigenvalue weighted by molar-refractivity contribution is 0.0531. The Balaban J connectivity index is 1.88. The molecule has 0 aliphatic heterocycles. The van der Waals surface area contributed by atoms with Gasteiger partial charge in [0.25, 0.3) is 5.91 Å². The van der Waals surface area contributed by atoms with Crippen LogP contribution in [0.5, 0.6) is 0 Å². The van der Waals surface area contributed by atoms with Gasteiger partial charge < -0.3 is 4.74 Å². The van der Waals surface area contributed by atoms with Crippen molar-refractivity contribution in [3.8, 4) is 10.6 Å². The van der Waals surface area contributed by atoms with E-state index in [4.69, 9.17) is 4.74 Å². The fraction of sp³-hybridized carbons (Fsp3) is 0.364. The zero-order valence-corrected chi connectivity index (χ0v) is 19.0. The number of carbonyl (C=O) groups is 2. The van der Waals surface area contributed by atoms with E-state index in [-0.39, 0.29) is 5.91 Å². The van der Waals surface area contributed by atoms with Crippen LogP contribution in [0.4, 0.5) is 5.13 Å². The van der Waals surface area contributed by atoms with Crippen molar-refractivity contribution in [1.82, 2.24) is 9.97 Å². The van der Waals surface area contributed by atoms with Crippen molar-refractivity contribution < 1.29 is 14.3 Å². The smallest absolute Gasteiger partial charge is 0.350 e. The highest BCUT2D eigenvalue weighted by molar-refractivity contribution is 7.17. The van der Waals surface area contributed by atoms with Crippen LogP contribution in [0.3, 0.4) is 0 Å². The van der Waals surface area contributed by atoms with E-state index in [1.165, 1.54) is 22.7 Å². The molecular weight excluding hydrogens is 418 g/mol. The number of hydrogen-bond donors (Lipinski definition) is 0. The Hall–Kier alpha value is -2.58. The molecule has 0 fully saturated rings. The Bertz CT molecular complexity index is 998. The standard InChI is InChI=1S/C22H25N3O3S2/c1-4-6-10-13-25(22-23-15(3)18(30-22)21(27)28-5-2)20(26)17-14-29-19(24-17)16-11-8-7-9-12-16/h7-9,11-12,14H,4-6,10,13H2,1-3H3. The van der Waals surface area contributed by atoms with Crippen LogP contribution in [0.25, 0.3) is 10.6 Å². The van der Waals surface area contributed by atoms with E-state index in [9.17, 15) is 9.59 Å². The zero-order valence-electron chi connectivity index (χ0n) is 17.4. The van der Waals surface area contributed by atoms with Crippen LogP contribution in [0.1, 0.15) is 59.0 Å². The molecule has 1 amide bonds. The van der Waals surface area contributed by atoms with E-state index in [0.29, 0.717) is 34.5 Å². The van der Waals surface area contributed by atoms with Gasteiger partial charge in [0.2, 0.25) is 0 Å². The van der Waals surface area contributed by atoms with Crippen molar-refractivity contribution in [2.24, 2.45) is 0 Å². The van der Waals surface area contributed by atoms with Gasteiger partial charge in [0.05, 0.1) is 12.3 Å². The van der Waals surface area contributed by atoms with Crippen LogP contribution in [0.15, 0.2) is 35.7 Å². The average Bonchev–Trinajstić information content (AvgIpc) is 3.39. The molecule has 0 bridgehead atoms. The predicted octanol–water partition coefficient (Wildman–Crippen LogP) is 5.59. The molecule has 0 unspecified atom stereocenters. The van der Waals surface area contributed by atoms with Gasteiger partial charge in [-0.25, -0.2) is 14.8 Å². The van der Waals surface area contributed by atoms with Crippen molar-refractivity contribution in [2.45, 2.75) is 40.0 Å². The summed E-state index contributed by atoms with van der Waals surface area (Å²) in [7, 11) is 0. The number of rotatable bonds is 9. The molecule has 0 aliphatic carbocycles. The fourth-order valence-corrected chi connectivity index (χ4v) is 4.70. The molecule has 2 heterocycles. The lowest BCUT2D eigenvalue weighted by Gasteiger charge is -2.18. The van der Waals surface area contributed by atoms with E-state index >= 15 is 0 Å². The quantitative estimate of drug-likeness (QED) is 0.318. The van der Waals surface area contributed by atoms with Crippen LogP contribution < -0.4 is 4.90 Å². The monoisotopic (exact) mass is 443 g/mol. The summed E-state index contributed by atoms with van der Waals surface area (Å²) in [6.45, 7) is 6.47. The van der Waals surface area contributed by atoms with Gasteiger partial charge in [-0.15, -0.1) is 11.3 Å². The number of benzene rings is 1. The first-order chi connectivity index (χ1) is 14.5. The number of amides is 1. The van der Waals surface area contributed by atoms with Gasteiger partial charge in [-0.2, -0.15) is 0 Å². The highest BCUT2D eigenvalue weighted by Gasteiger charge is 2.26. The third-order valence-corrected chi connectivity index (χ3v) is 6.50. The van der Waals surface area contributed by atoms with Gasteiger partial charge in [0, 0.05) is 17.5 Å². The number of nitrogens with zero attached hydrogens (tertiary/aromatic N) is 3. The Morgan fingerprint density at radius 3 is 2.57 bits per heavy atom. The van der Waals surface area contributed by atoms with E-state index in [0.717, 1.165) is 29.8 Å². The third-order valence-electron chi connectivity index (χ3n) is 4.45. The highest BCUT2D eigenvalue weighted by atomic mass is 32.1. The molecule has 6 nitrogen and oxygen atoms in total. The molecule has 3 aromatic rings. The zero-order chi connectivity index (χ0) is 21.5. The summed E-state index contributed by atoms with van der Waals surface area (Å²) in [5.74, 6) is -0.603. The SMILES string of the molecule is CCCCCN(C(=O)c1csc(-c2ccccc2)n1)c1nc(C)c(C(=O)OCC)s1. The Morgan fingerprint density at radius 2 is 1.87 bits per heavy atom. The van der Waals surface area contributed by atoms with Crippen LogP contribution in [-0.4, -0.2) is 35.0 Å². The molecule has 0 spiro atoms. The van der Waals surface area contributed by atoms with Crippen LogP contribution in [0, 0.1) is 6.92 Å². The van der Waals surface area contributed by atoms with Crippen molar-refractivity contribution >= 4 is 39.7 Å². The summed E-state index contributed by atoms with van der Waals surface area (Å²) in [6, 6.07) is 9.80. The molecule has 0 saturated carbocycles. The second-order valence-corrected chi connectivity index (χ2v) is 8.53. The molecular formula is C22H25N3O3S2. The molecule has 30 heavy (non-hydrogen) atoms. The van der Waals surface area contributed by atoms with Gasteiger partial charge in [0.15, 0.2) is 5.13 Å². The normalized spacial score (nSPS) is 10.8. The summed E-state index contributed by atoms with van der Waals surface area (Å²) in [5, 5.41) is 3.09. The van der Waals surface area contributed by atoms with E-state index < -0.39 is 5.97 Å². The van der Waals surface area contributed by atoms with E-state index in [2.05, 4.69) is 16.9 Å². The first-order valence-corrected chi connectivity index (χ1v) is 11.7. The summed E-state index contributed by atoms with van der Waals surface area (Å²) in [6.07, 6.45) is 2.90. The molecule has 0 saturated heterocycles. The number of aryl methyl sites for hydroxylation is 1. The molecule has 8 heteroatoms. The second kappa shape index (κ2) is 10.4. The van der Waals surface area contributed by atoms with Crippen molar-refractivity contribution in [3.63, 3.8) is 0 Å². The minimum absolute atomic E-state index is 0.200. The Morgan fingerprint density at radius 1 is 1.10 bits per heavy atom. The lowest BCUT2D eigenvalue weighted by atomic mass is 10.2. The Kier molecular flexibility index (Phi) is 7.70. The summed E-state index contributed by atoms with van der Waals surface area (Å²) in [4.78, 5) is 36.7. The molecule has 1 aromatic carbocycles. The topological polar surface area (TPSA) is 72.4 Å².